The van der Waals surface area contributed by atoms with Crippen molar-refractivity contribution in [1.82, 2.24) is 4.57 Å². The van der Waals surface area contributed by atoms with Gasteiger partial charge >= 0.3 is 0 Å². The second-order valence-corrected chi connectivity index (χ2v) is 7.25. The quantitative estimate of drug-likeness (QED) is 0.706. The number of amides is 1. The predicted molar refractivity (Wildman–Crippen MR) is 115 cm³/mol. The highest BCUT2D eigenvalue weighted by Crippen LogP contribution is 2.30. The summed E-state index contributed by atoms with van der Waals surface area (Å²) in [7, 11) is 3.09. The van der Waals surface area contributed by atoms with Crippen molar-refractivity contribution in [3.05, 3.63) is 63.4 Å². The highest BCUT2D eigenvalue weighted by Gasteiger charge is 2.21. The van der Waals surface area contributed by atoms with Crippen molar-refractivity contribution < 1.29 is 14.3 Å². The molecule has 0 aliphatic rings. The Morgan fingerprint density at radius 1 is 0.966 bits per heavy atom. The van der Waals surface area contributed by atoms with Crippen molar-refractivity contribution in [3.8, 4) is 11.5 Å². The smallest absolute Gasteiger partial charge is 0.252 e. The number of aromatic nitrogens is 1. The summed E-state index contributed by atoms with van der Waals surface area (Å²) in [5, 5.41) is 3.85. The Labute approximate surface area is 170 Å². The number of anilines is 1. The number of fused-ring (bicyclic) bond motifs is 1. The number of aryl methyl sites for hydroxylation is 3. The summed E-state index contributed by atoms with van der Waals surface area (Å²) >= 11 is 0. The molecule has 0 aliphatic heterocycles. The number of hydrogen-bond donors (Lipinski definition) is 1. The highest BCUT2D eigenvalue weighted by atomic mass is 16.5. The third-order valence-corrected chi connectivity index (χ3v) is 5.11. The fraction of sp³-hybridized carbons (Fsp3) is 0.304. The first-order valence-corrected chi connectivity index (χ1v) is 9.42. The van der Waals surface area contributed by atoms with Gasteiger partial charge < -0.3 is 14.8 Å². The topological polar surface area (TPSA) is 69.6 Å². The Bertz CT molecular complexity index is 1150. The molecule has 0 aliphatic carbocycles. The maximum atomic E-state index is 13.0. The zero-order chi connectivity index (χ0) is 21.3. The third-order valence-electron chi connectivity index (χ3n) is 5.11. The molecule has 0 bridgehead atoms. The van der Waals surface area contributed by atoms with Crippen LogP contribution >= 0.6 is 0 Å². The number of methoxy groups -OCH3 is 2. The van der Waals surface area contributed by atoms with Crippen LogP contribution in [-0.2, 0) is 4.79 Å². The average molecular weight is 394 g/mol. The molecular formula is C23H26N2O4. The zero-order valence-corrected chi connectivity index (χ0v) is 17.6. The molecule has 1 unspecified atom stereocenters. The van der Waals surface area contributed by atoms with Crippen LogP contribution in [0.15, 0.2) is 41.2 Å². The van der Waals surface area contributed by atoms with Crippen molar-refractivity contribution in [2.45, 2.75) is 33.7 Å². The molecule has 6 nitrogen and oxygen atoms in total. The van der Waals surface area contributed by atoms with Crippen LogP contribution in [0.3, 0.4) is 0 Å². The summed E-state index contributed by atoms with van der Waals surface area (Å²) < 4.78 is 12.1. The van der Waals surface area contributed by atoms with Crippen LogP contribution in [0.5, 0.6) is 11.5 Å². The van der Waals surface area contributed by atoms with Gasteiger partial charge in [-0.05, 0) is 57.0 Å². The van der Waals surface area contributed by atoms with E-state index in [1.54, 1.807) is 42.9 Å². The third kappa shape index (κ3) is 3.83. The average Bonchev–Trinajstić information content (AvgIpc) is 2.68. The standard InChI is InChI=1S/C23H26N2O4/c1-13-9-15(3)22-18(10-13)14(2)11-21(26)25(22)16(4)23(27)24-17-7-8-19(28-5)20(12-17)29-6/h7-12,16H,1-6H3,(H,24,27). The van der Waals surface area contributed by atoms with E-state index >= 15 is 0 Å². The van der Waals surface area contributed by atoms with E-state index in [4.69, 9.17) is 9.47 Å². The molecule has 152 valence electrons. The van der Waals surface area contributed by atoms with Crippen LogP contribution in [0.4, 0.5) is 5.69 Å². The number of hydrogen-bond acceptors (Lipinski definition) is 4. The highest BCUT2D eigenvalue weighted by molar-refractivity contribution is 5.95. The zero-order valence-electron chi connectivity index (χ0n) is 17.6. The van der Waals surface area contributed by atoms with E-state index in [9.17, 15) is 9.59 Å². The minimum atomic E-state index is -0.694. The van der Waals surface area contributed by atoms with E-state index in [0.29, 0.717) is 17.2 Å². The minimum absolute atomic E-state index is 0.197. The molecule has 29 heavy (non-hydrogen) atoms. The first-order chi connectivity index (χ1) is 13.8. The molecule has 1 aromatic heterocycles. The van der Waals surface area contributed by atoms with Crippen LogP contribution in [0.1, 0.15) is 29.7 Å². The molecule has 6 heteroatoms. The van der Waals surface area contributed by atoms with Gasteiger partial charge in [0.05, 0.1) is 19.7 Å². The first-order valence-electron chi connectivity index (χ1n) is 9.42. The molecule has 2 aromatic carbocycles. The van der Waals surface area contributed by atoms with Gasteiger partial charge in [-0.15, -0.1) is 0 Å². The molecule has 3 aromatic rings. The lowest BCUT2D eigenvalue weighted by Gasteiger charge is -2.21. The summed E-state index contributed by atoms with van der Waals surface area (Å²) in [6, 6.07) is 10.1. The Hall–Kier alpha value is -3.28. The van der Waals surface area contributed by atoms with Gasteiger partial charge in [-0.2, -0.15) is 0 Å². The fourth-order valence-corrected chi connectivity index (χ4v) is 3.69. The van der Waals surface area contributed by atoms with E-state index < -0.39 is 6.04 Å². The molecular weight excluding hydrogens is 368 g/mol. The molecule has 0 saturated heterocycles. The maximum absolute atomic E-state index is 13.0. The summed E-state index contributed by atoms with van der Waals surface area (Å²) in [5.41, 5.74) is 4.14. The fourth-order valence-electron chi connectivity index (χ4n) is 3.69. The molecule has 0 radical (unpaired) electrons. The van der Waals surface area contributed by atoms with Gasteiger partial charge in [-0.1, -0.05) is 11.6 Å². The predicted octanol–water partition coefficient (Wildman–Crippen LogP) is 4.14. The van der Waals surface area contributed by atoms with Crippen LogP contribution in [0.2, 0.25) is 0 Å². The molecule has 0 fully saturated rings. The van der Waals surface area contributed by atoms with E-state index in [1.807, 2.05) is 32.9 Å². The van der Waals surface area contributed by atoms with Crippen molar-refractivity contribution in [2.75, 3.05) is 19.5 Å². The van der Waals surface area contributed by atoms with Gasteiger partial charge in [-0.3, -0.25) is 14.2 Å². The number of nitrogens with zero attached hydrogens (tertiary/aromatic N) is 1. The lowest BCUT2D eigenvalue weighted by Crippen LogP contribution is -2.32. The number of carbonyl (C=O) groups is 1. The van der Waals surface area contributed by atoms with Crippen molar-refractivity contribution in [1.29, 1.82) is 0 Å². The monoisotopic (exact) mass is 394 g/mol. The molecule has 1 heterocycles. The number of pyridine rings is 1. The molecule has 3 rings (SSSR count). The SMILES string of the molecule is COc1ccc(NC(=O)C(C)n2c(=O)cc(C)c3cc(C)cc(C)c32)cc1OC. The Balaban J connectivity index is 2.03. The van der Waals surface area contributed by atoms with E-state index in [2.05, 4.69) is 5.32 Å². The molecule has 1 atom stereocenters. The number of nitrogens with one attached hydrogen (secondary N) is 1. The van der Waals surface area contributed by atoms with Crippen molar-refractivity contribution in [3.63, 3.8) is 0 Å². The number of benzene rings is 2. The summed E-state index contributed by atoms with van der Waals surface area (Å²) in [4.78, 5) is 25.8. The summed E-state index contributed by atoms with van der Waals surface area (Å²) in [6.07, 6.45) is 0. The number of rotatable bonds is 5. The van der Waals surface area contributed by atoms with Crippen molar-refractivity contribution in [2.24, 2.45) is 0 Å². The van der Waals surface area contributed by atoms with Crippen LogP contribution in [0, 0.1) is 20.8 Å². The van der Waals surface area contributed by atoms with Crippen LogP contribution in [0.25, 0.3) is 10.9 Å². The second-order valence-electron chi connectivity index (χ2n) is 7.25. The normalized spacial score (nSPS) is 11.9. The summed E-state index contributed by atoms with van der Waals surface area (Å²) in [5.74, 6) is 0.803. The van der Waals surface area contributed by atoms with Crippen LogP contribution in [-0.4, -0.2) is 24.7 Å². The summed E-state index contributed by atoms with van der Waals surface area (Å²) in [6.45, 7) is 7.63. The van der Waals surface area contributed by atoms with Crippen molar-refractivity contribution >= 4 is 22.5 Å². The van der Waals surface area contributed by atoms with Gasteiger partial charge in [0, 0.05) is 23.2 Å². The second kappa shape index (κ2) is 7.99. The van der Waals surface area contributed by atoms with Gasteiger partial charge in [0.25, 0.3) is 5.56 Å². The van der Waals surface area contributed by atoms with E-state index in [-0.39, 0.29) is 11.5 Å². The Morgan fingerprint density at radius 3 is 2.31 bits per heavy atom. The Kier molecular flexibility index (Phi) is 5.64. The number of carbonyl (C=O) groups excluding carboxylic acids is 1. The Morgan fingerprint density at radius 2 is 1.66 bits per heavy atom. The van der Waals surface area contributed by atoms with E-state index in [1.165, 1.54) is 7.11 Å². The first kappa shape index (κ1) is 20.5. The molecule has 1 amide bonds. The molecule has 0 spiro atoms. The van der Waals surface area contributed by atoms with Gasteiger partial charge in [0.15, 0.2) is 11.5 Å². The minimum Gasteiger partial charge on any atom is -0.493 e. The lowest BCUT2D eigenvalue weighted by atomic mass is 10.0. The van der Waals surface area contributed by atoms with Gasteiger partial charge in [0.1, 0.15) is 6.04 Å². The number of ether oxygens (including phenoxy) is 2. The maximum Gasteiger partial charge on any atom is 0.252 e. The molecule has 0 saturated carbocycles. The van der Waals surface area contributed by atoms with E-state index in [0.717, 1.165) is 27.6 Å². The van der Waals surface area contributed by atoms with Crippen LogP contribution < -0.4 is 20.3 Å². The van der Waals surface area contributed by atoms with Gasteiger partial charge in [0.2, 0.25) is 5.91 Å². The molecule has 1 N–H and O–H groups in total. The lowest BCUT2D eigenvalue weighted by molar-refractivity contribution is -0.118. The van der Waals surface area contributed by atoms with Gasteiger partial charge in [-0.25, -0.2) is 0 Å². The largest absolute Gasteiger partial charge is 0.493 e.